The fourth-order valence-corrected chi connectivity index (χ4v) is 5.09. The molecule has 15 heteroatoms. The number of esters is 2. The molecule has 0 aliphatic carbocycles. The monoisotopic (exact) mass is 503 g/mol. The molecular weight excluding hydrogens is 472 g/mol. The van der Waals surface area contributed by atoms with Crippen molar-refractivity contribution < 1.29 is 32.8 Å². The summed E-state index contributed by atoms with van der Waals surface area (Å²) in [5.74, 6) is -1.10. The zero-order valence-electron chi connectivity index (χ0n) is 19.6. The Bertz CT molecular complexity index is 992. The van der Waals surface area contributed by atoms with Crippen LogP contribution in [0.3, 0.4) is 0 Å². The molecule has 13 nitrogen and oxygen atoms in total. The number of nitrogens with two attached hydrogens (primary N) is 1. The van der Waals surface area contributed by atoms with Crippen molar-refractivity contribution >= 4 is 36.4 Å². The van der Waals surface area contributed by atoms with Crippen molar-refractivity contribution in [3.8, 4) is 0 Å². The van der Waals surface area contributed by atoms with E-state index in [-0.39, 0.29) is 25.6 Å². The van der Waals surface area contributed by atoms with Gasteiger partial charge in [0.25, 0.3) is 0 Å². The number of fused-ring (bicyclic) bond motifs is 1. The molecule has 0 aromatic carbocycles. The molecule has 0 unspecified atom stereocenters. The standard InChI is InChI=1S/C19H31FN7O6P/c1-5-31-18(28)12(3)25-34(30,26-13(4)19(29)32-6-2)11-33-14(7-20)8-27-10-24-15-16(21)22-9-23-17(15)27/h9-10,12-14H,5-8,11H2,1-4H3,(H2,21,22,23)(H2,25,26,30)/t12-,13-,14+/m0/s1. The zero-order valence-corrected chi connectivity index (χ0v) is 20.5. The SMILES string of the molecule is CCOC(=O)[C@H](C)NP(=O)(CO[C@H](CF)Cn1cnc2c(N)ncnc21)N[C@@H](C)C(=O)OCC. The maximum absolute atomic E-state index is 13.8. The zero-order chi connectivity index (χ0) is 25.3. The first-order valence-corrected chi connectivity index (χ1v) is 12.6. The molecule has 0 amide bonds. The molecule has 2 aromatic heterocycles. The van der Waals surface area contributed by atoms with Crippen LogP contribution in [-0.2, 0) is 34.9 Å². The van der Waals surface area contributed by atoms with Gasteiger partial charge in [0.2, 0.25) is 7.44 Å². The third-order valence-corrected chi connectivity index (χ3v) is 6.70. The first-order chi connectivity index (χ1) is 16.1. The van der Waals surface area contributed by atoms with Crippen LogP contribution in [0.25, 0.3) is 11.2 Å². The Kier molecular flexibility index (Phi) is 10.3. The van der Waals surface area contributed by atoms with E-state index in [9.17, 15) is 18.5 Å². The average Bonchev–Trinajstić information content (AvgIpc) is 3.20. The highest BCUT2D eigenvalue weighted by molar-refractivity contribution is 7.59. The van der Waals surface area contributed by atoms with Crippen molar-refractivity contribution in [2.24, 2.45) is 0 Å². The second-order valence-corrected chi connectivity index (χ2v) is 9.60. The molecule has 3 atom stereocenters. The minimum Gasteiger partial charge on any atom is -0.465 e. The quantitative estimate of drug-likeness (QED) is 0.247. The van der Waals surface area contributed by atoms with Crippen LogP contribution in [0.15, 0.2) is 12.7 Å². The number of halogens is 1. The summed E-state index contributed by atoms with van der Waals surface area (Å²) in [6.45, 7) is 5.53. The van der Waals surface area contributed by atoms with E-state index in [1.807, 2.05) is 0 Å². The molecule has 0 fully saturated rings. The molecule has 190 valence electrons. The van der Waals surface area contributed by atoms with Gasteiger partial charge in [-0.1, -0.05) is 0 Å². The molecular formula is C19H31FN7O6P. The van der Waals surface area contributed by atoms with Crippen LogP contribution in [0, 0.1) is 0 Å². The summed E-state index contributed by atoms with van der Waals surface area (Å²) in [4.78, 5) is 36.2. The summed E-state index contributed by atoms with van der Waals surface area (Å²) in [5, 5.41) is 5.28. The van der Waals surface area contributed by atoms with E-state index >= 15 is 0 Å². The lowest BCUT2D eigenvalue weighted by Crippen LogP contribution is -2.43. The van der Waals surface area contributed by atoms with Crippen LogP contribution < -0.4 is 15.9 Å². The summed E-state index contributed by atoms with van der Waals surface area (Å²) < 4.78 is 44.4. The topological polar surface area (TPSA) is 173 Å². The smallest absolute Gasteiger partial charge is 0.323 e. The van der Waals surface area contributed by atoms with E-state index < -0.39 is 50.6 Å². The van der Waals surface area contributed by atoms with Crippen molar-refractivity contribution in [1.29, 1.82) is 0 Å². The molecule has 0 bridgehead atoms. The van der Waals surface area contributed by atoms with Crippen LogP contribution in [0.2, 0.25) is 0 Å². The van der Waals surface area contributed by atoms with Crippen LogP contribution in [0.4, 0.5) is 10.2 Å². The minimum atomic E-state index is -3.76. The molecule has 2 heterocycles. The predicted octanol–water partition coefficient (Wildman–Crippen LogP) is 0.996. The van der Waals surface area contributed by atoms with Crippen molar-refractivity contribution in [2.45, 2.75) is 52.4 Å². The number of ether oxygens (including phenoxy) is 3. The van der Waals surface area contributed by atoms with Gasteiger partial charge in [-0.3, -0.25) is 14.2 Å². The summed E-state index contributed by atoms with van der Waals surface area (Å²) in [6.07, 6.45) is 1.11. The summed E-state index contributed by atoms with van der Waals surface area (Å²) in [7, 11) is -3.76. The highest BCUT2D eigenvalue weighted by Gasteiger charge is 2.33. The van der Waals surface area contributed by atoms with Gasteiger partial charge >= 0.3 is 11.9 Å². The van der Waals surface area contributed by atoms with Crippen LogP contribution in [0.1, 0.15) is 27.7 Å². The Morgan fingerprint density at radius 1 is 1.12 bits per heavy atom. The van der Waals surface area contributed by atoms with Crippen LogP contribution >= 0.6 is 7.44 Å². The van der Waals surface area contributed by atoms with Gasteiger partial charge in [-0.25, -0.2) is 29.5 Å². The number of nitrogen functional groups attached to an aromatic ring is 1. The lowest BCUT2D eigenvalue weighted by molar-refractivity contribution is -0.145. The third-order valence-electron chi connectivity index (χ3n) is 4.58. The van der Waals surface area contributed by atoms with Gasteiger partial charge in [0.15, 0.2) is 11.5 Å². The lowest BCUT2D eigenvalue weighted by atomic mass is 10.4. The fourth-order valence-electron chi connectivity index (χ4n) is 2.99. The third kappa shape index (κ3) is 7.42. The molecule has 4 N–H and O–H groups in total. The lowest BCUT2D eigenvalue weighted by Gasteiger charge is -2.27. The number of carbonyl (C=O) groups excluding carboxylic acids is 2. The van der Waals surface area contributed by atoms with E-state index in [4.69, 9.17) is 19.9 Å². The maximum Gasteiger partial charge on any atom is 0.323 e. The van der Waals surface area contributed by atoms with Crippen LogP contribution in [0.5, 0.6) is 0 Å². The van der Waals surface area contributed by atoms with Gasteiger partial charge in [0, 0.05) is 0 Å². The number of imidazole rings is 1. The number of rotatable bonds is 14. The normalized spacial score (nSPS) is 14.5. The largest absolute Gasteiger partial charge is 0.465 e. The van der Waals surface area contributed by atoms with Crippen molar-refractivity contribution in [3.05, 3.63) is 12.7 Å². The van der Waals surface area contributed by atoms with Crippen molar-refractivity contribution in [2.75, 3.05) is 32.0 Å². The van der Waals surface area contributed by atoms with E-state index in [0.717, 1.165) is 0 Å². The molecule has 0 saturated carbocycles. The Morgan fingerprint density at radius 2 is 1.71 bits per heavy atom. The highest BCUT2D eigenvalue weighted by atomic mass is 31.2. The van der Waals surface area contributed by atoms with Gasteiger partial charge in [-0.2, -0.15) is 0 Å². The van der Waals surface area contributed by atoms with Gasteiger partial charge in [0.1, 0.15) is 43.1 Å². The summed E-state index contributed by atoms with van der Waals surface area (Å²) in [5.41, 5.74) is 6.52. The van der Waals surface area contributed by atoms with Crippen molar-refractivity contribution in [1.82, 2.24) is 29.7 Å². The molecule has 0 radical (unpaired) electrons. The van der Waals surface area contributed by atoms with Gasteiger partial charge < -0.3 is 24.5 Å². The predicted molar refractivity (Wildman–Crippen MR) is 122 cm³/mol. The second kappa shape index (κ2) is 12.7. The summed E-state index contributed by atoms with van der Waals surface area (Å²) in [6, 6.07) is -1.98. The fraction of sp³-hybridized carbons (Fsp3) is 0.632. The molecule has 0 spiro atoms. The van der Waals surface area contributed by atoms with Crippen molar-refractivity contribution in [3.63, 3.8) is 0 Å². The maximum atomic E-state index is 13.8. The summed E-state index contributed by atoms with van der Waals surface area (Å²) >= 11 is 0. The number of carbonyl (C=O) groups is 2. The number of anilines is 1. The molecule has 0 aliphatic heterocycles. The second-order valence-electron chi connectivity index (χ2n) is 7.35. The minimum absolute atomic E-state index is 0.00961. The number of aromatic nitrogens is 4. The first-order valence-electron chi connectivity index (χ1n) is 10.7. The van der Waals surface area contributed by atoms with E-state index in [1.165, 1.54) is 31.1 Å². The van der Waals surface area contributed by atoms with E-state index in [0.29, 0.717) is 11.2 Å². The van der Waals surface area contributed by atoms with E-state index in [2.05, 4.69) is 25.1 Å². The Labute approximate surface area is 196 Å². The Morgan fingerprint density at radius 3 is 2.24 bits per heavy atom. The Hall–Kier alpha value is -2.67. The number of nitrogens with zero attached hydrogens (tertiary/aromatic N) is 4. The molecule has 2 rings (SSSR count). The number of hydrogen-bond donors (Lipinski definition) is 3. The first kappa shape index (κ1) is 27.6. The highest BCUT2D eigenvalue weighted by Crippen LogP contribution is 2.38. The molecule has 0 aliphatic rings. The Balaban J connectivity index is 2.15. The number of alkyl halides is 1. The molecule has 0 saturated heterocycles. The number of nitrogens with one attached hydrogen (secondary N) is 2. The molecule has 2 aromatic rings. The average molecular weight is 503 g/mol. The molecule has 34 heavy (non-hydrogen) atoms. The number of hydrogen-bond acceptors (Lipinski definition) is 10. The van der Waals surface area contributed by atoms with E-state index in [1.54, 1.807) is 13.8 Å². The van der Waals surface area contributed by atoms with Gasteiger partial charge in [-0.15, -0.1) is 0 Å². The van der Waals surface area contributed by atoms with Crippen LogP contribution in [-0.4, -0.2) is 75.9 Å². The van der Waals surface area contributed by atoms with Gasteiger partial charge in [0.05, 0.1) is 26.1 Å². The van der Waals surface area contributed by atoms with Gasteiger partial charge in [-0.05, 0) is 27.7 Å².